The van der Waals surface area contributed by atoms with E-state index >= 15 is 0 Å². The van der Waals surface area contributed by atoms with Crippen LogP contribution in [0.4, 0.5) is 11.4 Å². The second kappa shape index (κ2) is 2.81. The molecule has 0 aliphatic carbocycles. The molecule has 0 N–H and O–H groups in total. The summed E-state index contributed by atoms with van der Waals surface area (Å²) in [5, 5.41) is 12.3. The number of hydroxylamine groups is 1. The third kappa shape index (κ3) is 1.02. The normalized spacial score (nSPS) is 20.6. The first kappa shape index (κ1) is 8.19. The van der Waals surface area contributed by atoms with Crippen molar-refractivity contribution in [2.45, 2.75) is 19.5 Å². The minimum Gasteiger partial charge on any atom is -0.753 e. The SMILES string of the molecule is CCC1N([O-])c2ccccc2[N+]1=O. The number of hydrogen-bond donors (Lipinski definition) is 0. The summed E-state index contributed by atoms with van der Waals surface area (Å²) in [7, 11) is 0. The van der Waals surface area contributed by atoms with Crippen molar-refractivity contribution in [1.29, 1.82) is 0 Å². The van der Waals surface area contributed by atoms with Crippen LogP contribution in [0.3, 0.4) is 0 Å². The van der Waals surface area contributed by atoms with Gasteiger partial charge in [-0.15, -0.1) is 0 Å². The number of anilines is 1. The summed E-state index contributed by atoms with van der Waals surface area (Å²) in [6.45, 7) is 1.83. The molecular formula is C9H10N2O2. The molecule has 0 radical (unpaired) electrons. The van der Waals surface area contributed by atoms with Gasteiger partial charge in [0.15, 0.2) is 0 Å². The van der Waals surface area contributed by atoms with Crippen molar-refractivity contribution in [1.82, 2.24) is 0 Å². The van der Waals surface area contributed by atoms with E-state index in [9.17, 15) is 10.1 Å². The molecule has 0 bridgehead atoms. The quantitative estimate of drug-likeness (QED) is 0.619. The maximum atomic E-state index is 11.5. The standard InChI is InChI=1S/C9H10N2O2/c1-2-9-10(12)7-5-3-4-6-8(7)11(9)13/h3-6,9H,2H2,1H3. The Balaban J connectivity index is 2.50. The fourth-order valence-corrected chi connectivity index (χ4v) is 1.58. The van der Waals surface area contributed by atoms with Crippen LogP contribution in [0.5, 0.6) is 0 Å². The first-order valence-corrected chi connectivity index (χ1v) is 4.27. The molecule has 1 heterocycles. The molecule has 1 aromatic rings. The largest absolute Gasteiger partial charge is 0.753 e. The second-order valence-corrected chi connectivity index (χ2v) is 3.03. The summed E-state index contributed by atoms with van der Waals surface area (Å²) in [6.07, 6.45) is -0.0563. The molecule has 0 saturated heterocycles. The van der Waals surface area contributed by atoms with Crippen LogP contribution in [0, 0.1) is 10.1 Å². The van der Waals surface area contributed by atoms with Crippen LogP contribution in [-0.4, -0.2) is 10.9 Å². The van der Waals surface area contributed by atoms with Gasteiger partial charge >= 0.3 is 0 Å². The lowest BCUT2D eigenvalue weighted by molar-refractivity contribution is -0.494. The van der Waals surface area contributed by atoms with Gasteiger partial charge in [-0.1, -0.05) is 19.1 Å². The topological polar surface area (TPSA) is 46.4 Å². The van der Waals surface area contributed by atoms with Gasteiger partial charge in [0.2, 0.25) is 0 Å². The number of benzene rings is 1. The average Bonchev–Trinajstić information content (AvgIpc) is 2.41. The Morgan fingerprint density at radius 3 is 2.85 bits per heavy atom. The molecule has 4 heteroatoms. The van der Waals surface area contributed by atoms with Crippen molar-refractivity contribution >= 4 is 11.4 Å². The van der Waals surface area contributed by atoms with Crippen molar-refractivity contribution in [3.63, 3.8) is 0 Å². The van der Waals surface area contributed by atoms with Crippen LogP contribution in [0.25, 0.3) is 0 Å². The highest BCUT2D eigenvalue weighted by Gasteiger charge is 2.38. The van der Waals surface area contributed by atoms with Gasteiger partial charge in [-0.25, -0.2) is 0 Å². The average molecular weight is 178 g/mol. The number of hydrogen-bond acceptors (Lipinski definition) is 3. The molecule has 2 rings (SSSR count). The van der Waals surface area contributed by atoms with Crippen molar-refractivity contribution in [2.75, 3.05) is 5.06 Å². The van der Waals surface area contributed by atoms with Gasteiger partial charge in [0.25, 0.3) is 11.9 Å². The van der Waals surface area contributed by atoms with Crippen molar-refractivity contribution in [3.05, 3.63) is 34.4 Å². The molecule has 0 amide bonds. The van der Waals surface area contributed by atoms with Crippen LogP contribution in [-0.2, 0) is 0 Å². The summed E-state index contributed by atoms with van der Waals surface area (Å²) in [5.41, 5.74) is 0.953. The first-order chi connectivity index (χ1) is 6.25. The minimum absolute atomic E-state index is 0.476. The monoisotopic (exact) mass is 178 g/mol. The zero-order valence-electron chi connectivity index (χ0n) is 7.30. The summed E-state index contributed by atoms with van der Waals surface area (Å²) in [6, 6.07) is 6.86. The lowest BCUT2D eigenvalue weighted by atomic mass is 10.3. The van der Waals surface area contributed by atoms with Crippen LogP contribution in [0.15, 0.2) is 24.3 Å². The molecule has 0 fully saturated rings. The summed E-state index contributed by atoms with van der Waals surface area (Å²) in [5.74, 6) is 0. The van der Waals surface area contributed by atoms with E-state index in [0.717, 1.165) is 9.82 Å². The Morgan fingerprint density at radius 2 is 2.23 bits per heavy atom. The summed E-state index contributed by atoms with van der Waals surface area (Å²) < 4.78 is 0.780. The highest BCUT2D eigenvalue weighted by Crippen LogP contribution is 2.37. The predicted molar refractivity (Wildman–Crippen MR) is 49.7 cm³/mol. The van der Waals surface area contributed by atoms with Crippen LogP contribution in [0.2, 0.25) is 0 Å². The highest BCUT2D eigenvalue weighted by atomic mass is 16.5. The number of nitroso groups, excluding NO2 is 1. The molecule has 1 aromatic carbocycles. The molecule has 1 unspecified atom stereocenters. The summed E-state index contributed by atoms with van der Waals surface area (Å²) >= 11 is 0. The van der Waals surface area contributed by atoms with Crippen LogP contribution in [0.1, 0.15) is 13.3 Å². The van der Waals surface area contributed by atoms with Gasteiger partial charge in [0.05, 0.1) is 4.76 Å². The zero-order valence-corrected chi connectivity index (χ0v) is 7.30. The fraction of sp³-hybridized carbons (Fsp3) is 0.333. The van der Waals surface area contributed by atoms with Crippen LogP contribution >= 0.6 is 0 Å². The summed E-state index contributed by atoms with van der Waals surface area (Å²) in [4.78, 5) is 11.5. The molecule has 0 saturated carbocycles. The molecule has 68 valence electrons. The molecule has 4 nitrogen and oxygen atoms in total. The maximum absolute atomic E-state index is 11.5. The van der Waals surface area contributed by atoms with E-state index in [2.05, 4.69) is 0 Å². The minimum atomic E-state index is -0.586. The molecule has 0 spiro atoms. The Bertz CT molecular complexity index is 351. The van der Waals surface area contributed by atoms with E-state index in [1.807, 2.05) is 6.92 Å². The Kier molecular flexibility index (Phi) is 1.77. The van der Waals surface area contributed by atoms with E-state index < -0.39 is 6.17 Å². The molecule has 1 aliphatic heterocycles. The second-order valence-electron chi connectivity index (χ2n) is 3.03. The van der Waals surface area contributed by atoms with Crippen molar-refractivity contribution in [3.8, 4) is 0 Å². The fourth-order valence-electron chi connectivity index (χ4n) is 1.58. The van der Waals surface area contributed by atoms with Crippen molar-refractivity contribution in [2.24, 2.45) is 0 Å². The van der Waals surface area contributed by atoms with Crippen molar-refractivity contribution < 1.29 is 4.76 Å². The van der Waals surface area contributed by atoms with Gasteiger partial charge < -0.3 is 10.3 Å². The van der Waals surface area contributed by atoms with Gasteiger partial charge in [-0.2, -0.15) is 0 Å². The lowest BCUT2D eigenvalue weighted by Gasteiger charge is -2.24. The molecular weight excluding hydrogens is 168 g/mol. The van der Waals surface area contributed by atoms with Gasteiger partial charge in [-0.3, -0.25) is 0 Å². The lowest BCUT2D eigenvalue weighted by Crippen LogP contribution is -2.30. The molecule has 1 aliphatic rings. The Morgan fingerprint density at radius 1 is 1.54 bits per heavy atom. The number of nitrogens with zero attached hydrogens (tertiary/aromatic N) is 2. The van der Waals surface area contributed by atoms with E-state index in [-0.39, 0.29) is 0 Å². The van der Waals surface area contributed by atoms with Gasteiger partial charge in [0.1, 0.15) is 5.69 Å². The van der Waals surface area contributed by atoms with Crippen LogP contribution < -0.4 is 5.06 Å². The molecule has 0 aromatic heterocycles. The Labute approximate surface area is 75.9 Å². The smallest absolute Gasteiger partial charge is 0.281 e. The Hall–Kier alpha value is -1.42. The third-order valence-electron chi connectivity index (χ3n) is 2.26. The number of fused-ring (bicyclic) bond motifs is 1. The number of rotatable bonds is 1. The van der Waals surface area contributed by atoms with E-state index in [1.165, 1.54) is 0 Å². The van der Waals surface area contributed by atoms with Gasteiger partial charge in [-0.05, 0) is 6.07 Å². The third-order valence-corrected chi connectivity index (χ3v) is 2.26. The van der Waals surface area contributed by atoms with E-state index in [4.69, 9.17) is 0 Å². The zero-order chi connectivity index (χ0) is 9.42. The van der Waals surface area contributed by atoms with E-state index in [0.29, 0.717) is 17.8 Å². The first-order valence-electron chi connectivity index (χ1n) is 4.27. The predicted octanol–water partition coefficient (Wildman–Crippen LogP) is 2.15. The molecule has 1 atom stereocenters. The van der Waals surface area contributed by atoms with Gasteiger partial charge in [0, 0.05) is 17.4 Å². The number of para-hydroxylation sites is 2. The van der Waals surface area contributed by atoms with E-state index in [1.54, 1.807) is 24.3 Å². The maximum Gasteiger partial charge on any atom is 0.281 e. The molecule has 13 heavy (non-hydrogen) atoms. The highest BCUT2D eigenvalue weighted by molar-refractivity contribution is 5.66.